The molecule has 54 heavy (non-hydrogen) atoms. The first-order chi connectivity index (χ1) is 26.5. The predicted octanol–water partition coefficient (Wildman–Crippen LogP) is 9.05. The SMILES string of the molecule is CC1(C)c2ccccc2Oc2c1cnc1c2c2ccccc2n1-c1cccc([Si](c2ccccc2)(c2ccccc2)c2cccc(-c3ccccn3)c2)c1. The third-order valence-corrected chi connectivity index (χ3v) is 16.0. The van der Waals surface area contributed by atoms with Crippen molar-refractivity contribution in [3.8, 4) is 28.4 Å². The van der Waals surface area contributed by atoms with Crippen molar-refractivity contribution in [2.45, 2.75) is 19.3 Å². The Morgan fingerprint density at radius 3 is 1.96 bits per heavy atom. The van der Waals surface area contributed by atoms with Gasteiger partial charge in [0.1, 0.15) is 17.1 Å². The van der Waals surface area contributed by atoms with Gasteiger partial charge in [0.25, 0.3) is 0 Å². The van der Waals surface area contributed by atoms with Crippen LogP contribution in [0, 0.1) is 0 Å². The van der Waals surface area contributed by atoms with Crippen molar-refractivity contribution < 1.29 is 4.74 Å². The van der Waals surface area contributed by atoms with E-state index >= 15 is 0 Å². The number of hydrogen-bond donors (Lipinski definition) is 0. The smallest absolute Gasteiger partial charge is 0.179 e. The van der Waals surface area contributed by atoms with Crippen LogP contribution in [0.2, 0.25) is 0 Å². The van der Waals surface area contributed by atoms with E-state index in [0.717, 1.165) is 55.9 Å². The van der Waals surface area contributed by atoms with Crippen molar-refractivity contribution in [2.24, 2.45) is 0 Å². The van der Waals surface area contributed by atoms with Gasteiger partial charge in [0, 0.05) is 45.6 Å². The van der Waals surface area contributed by atoms with E-state index in [4.69, 9.17) is 14.7 Å². The molecule has 0 radical (unpaired) electrons. The first-order valence-corrected chi connectivity index (χ1v) is 20.5. The molecule has 0 fully saturated rings. The molecule has 3 aromatic heterocycles. The predicted molar refractivity (Wildman–Crippen MR) is 224 cm³/mol. The second kappa shape index (κ2) is 12.5. The summed E-state index contributed by atoms with van der Waals surface area (Å²) in [6.07, 6.45) is 3.90. The largest absolute Gasteiger partial charge is 0.456 e. The monoisotopic (exact) mass is 711 g/mol. The fraction of sp³-hybridized carbons (Fsp3) is 0.0612. The molecular formula is C49H37N3OSi. The van der Waals surface area contributed by atoms with Gasteiger partial charge in [0.15, 0.2) is 8.07 Å². The average molecular weight is 712 g/mol. The lowest BCUT2D eigenvalue weighted by atomic mass is 9.76. The van der Waals surface area contributed by atoms with Gasteiger partial charge in [0.2, 0.25) is 0 Å². The Morgan fingerprint density at radius 1 is 0.556 bits per heavy atom. The molecule has 0 aliphatic carbocycles. The third-order valence-electron chi connectivity index (χ3n) is 11.3. The van der Waals surface area contributed by atoms with Crippen molar-refractivity contribution in [2.75, 3.05) is 0 Å². The van der Waals surface area contributed by atoms with Crippen LogP contribution in [0.15, 0.2) is 188 Å². The van der Waals surface area contributed by atoms with E-state index in [1.165, 1.54) is 26.3 Å². The standard InChI is InChI=1S/C49H37N3OSi/c1-49(2)41-26-10-12-29-45(41)53-47-42(49)33-51-48-46(47)40-25-9-11-28-44(40)52(48)35-18-16-24-39(32-35)54(36-19-5-3-6-20-36,37-21-7-4-8-22-37)38-23-15-17-34(31-38)43-27-13-14-30-50-43/h3-33H,1-2H3. The number of nitrogens with zero attached hydrogens (tertiary/aromatic N) is 3. The van der Waals surface area contributed by atoms with Crippen molar-refractivity contribution in [1.82, 2.24) is 14.5 Å². The second-order valence-electron chi connectivity index (χ2n) is 14.6. The van der Waals surface area contributed by atoms with Gasteiger partial charge in [0.05, 0.1) is 16.6 Å². The Kier molecular flexibility index (Phi) is 7.46. The van der Waals surface area contributed by atoms with E-state index in [9.17, 15) is 0 Å². The third kappa shape index (κ3) is 4.82. The molecule has 0 saturated heterocycles. The van der Waals surface area contributed by atoms with Crippen LogP contribution < -0.4 is 25.5 Å². The number of benzene rings is 6. The van der Waals surface area contributed by atoms with Gasteiger partial charge in [-0.3, -0.25) is 9.55 Å². The summed E-state index contributed by atoms with van der Waals surface area (Å²) in [6, 6.07) is 63.5. The molecule has 6 aromatic carbocycles. The Bertz CT molecular complexity index is 2790. The van der Waals surface area contributed by atoms with E-state index in [-0.39, 0.29) is 5.41 Å². The molecule has 0 saturated carbocycles. The van der Waals surface area contributed by atoms with Crippen LogP contribution in [-0.2, 0) is 5.41 Å². The van der Waals surface area contributed by atoms with Gasteiger partial charge in [-0.05, 0) is 57.1 Å². The number of ether oxygens (including phenoxy) is 1. The molecule has 0 N–H and O–H groups in total. The lowest BCUT2D eigenvalue weighted by molar-refractivity contribution is 0.422. The van der Waals surface area contributed by atoms with E-state index in [1.807, 2.05) is 18.5 Å². The highest BCUT2D eigenvalue weighted by molar-refractivity contribution is 7.20. The highest BCUT2D eigenvalue weighted by Gasteiger charge is 2.42. The Labute approximate surface area is 316 Å². The minimum atomic E-state index is -2.91. The topological polar surface area (TPSA) is 39.9 Å². The molecule has 0 bridgehead atoms. The van der Waals surface area contributed by atoms with Crippen LogP contribution >= 0.6 is 0 Å². The summed E-state index contributed by atoms with van der Waals surface area (Å²) in [6.45, 7) is 4.53. The fourth-order valence-electron chi connectivity index (χ4n) is 8.73. The molecule has 10 rings (SSSR count). The average Bonchev–Trinajstić information content (AvgIpc) is 3.58. The molecule has 9 aromatic rings. The van der Waals surface area contributed by atoms with Crippen LogP contribution in [-0.4, -0.2) is 22.6 Å². The Morgan fingerprint density at radius 2 is 1.20 bits per heavy atom. The number of pyridine rings is 2. The molecule has 4 nitrogen and oxygen atoms in total. The van der Waals surface area contributed by atoms with Crippen LogP contribution in [0.4, 0.5) is 0 Å². The quantitative estimate of drug-likeness (QED) is 0.128. The Hall–Kier alpha value is -6.56. The molecule has 5 heteroatoms. The van der Waals surface area contributed by atoms with E-state index in [0.29, 0.717) is 0 Å². The van der Waals surface area contributed by atoms with Crippen LogP contribution in [0.3, 0.4) is 0 Å². The molecule has 1 aliphatic rings. The Balaban J connectivity index is 1.25. The van der Waals surface area contributed by atoms with E-state index in [2.05, 4.69) is 188 Å². The van der Waals surface area contributed by atoms with Crippen molar-refractivity contribution in [3.63, 3.8) is 0 Å². The molecule has 1 aliphatic heterocycles. The van der Waals surface area contributed by atoms with Gasteiger partial charge < -0.3 is 4.74 Å². The molecule has 0 spiro atoms. The highest BCUT2D eigenvalue weighted by Crippen LogP contribution is 2.51. The zero-order valence-corrected chi connectivity index (χ0v) is 31.1. The molecule has 4 heterocycles. The fourth-order valence-corrected chi connectivity index (χ4v) is 13.5. The highest BCUT2D eigenvalue weighted by atomic mass is 28.3. The maximum atomic E-state index is 6.83. The number of para-hydroxylation sites is 2. The van der Waals surface area contributed by atoms with Crippen molar-refractivity contribution >= 4 is 50.8 Å². The molecule has 258 valence electrons. The number of aromatic nitrogens is 3. The zero-order valence-electron chi connectivity index (χ0n) is 30.1. The minimum absolute atomic E-state index is 0.269. The molecule has 0 unspecified atom stereocenters. The first kappa shape index (κ1) is 32.1. The summed E-state index contributed by atoms with van der Waals surface area (Å²) in [5, 5.41) is 7.36. The molecule has 0 atom stereocenters. The summed E-state index contributed by atoms with van der Waals surface area (Å²) in [5.74, 6) is 1.79. The zero-order chi connectivity index (χ0) is 36.3. The summed E-state index contributed by atoms with van der Waals surface area (Å²) >= 11 is 0. The van der Waals surface area contributed by atoms with Gasteiger partial charge in [-0.25, -0.2) is 4.98 Å². The normalized spacial score (nSPS) is 13.3. The second-order valence-corrected chi connectivity index (χ2v) is 18.4. The number of rotatable bonds is 6. The summed E-state index contributed by atoms with van der Waals surface area (Å²) < 4.78 is 9.16. The van der Waals surface area contributed by atoms with Crippen LogP contribution in [0.25, 0.3) is 38.9 Å². The van der Waals surface area contributed by atoms with Crippen LogP contribution in [0.1, 0.15) is 25.0 Å². The maximum Gasteiger partial charge on any atom is 0.179 e. The van der Waals surface area contributed by atoms with Gasteiger partial charge in [-0.2, -0.15) is 0 Å². The first-order valence-electron chi connectivity index (χ1n) is 18.5. The summed E-state index contributed by atoms with van der Waals surface area (Å²) in [4.78, 5) is 10.0. The van der Waals surface area contributed by atoms with Crippen LogP contribution in [0.5, 0.6) is 11.5 Å². The van der Waals surface area contributed by atoms with Gasteiger partial charge in [-0.1, -0.05) is 153 Å². The minimum Gasteiger partial charge on any atom is -0.456 e. The number of fused-ring (bicyclic) bond motifs is 6. The van der Waals surface area contributed by atoms with E-state index in [1.54, 1.807) is 0 Å². The molecular weight excluding hydrogens is 675 g/mol. The lowest BCUT2D eigenvalue weighted by Gasteiger charge is -2.35. The summed E-state index contributed by atoms with van der Waals surface area (Å²) in [5.41, 5.74) is 7.10. The van der Waals surface area contributed by atoms with E-state index < -0.39 is 8.07 Å². The van der Waals surface area contributed by atoms with Gasteiger partial charge in [-0.15, -0.1) is 0 Å². The lowest BCUT2D eigenvalue weighted by Crippen LogP contribution is -2.74. The van der Waals surface area contributed by atoms with Crippen molar-refractivity contribution in [1.29, 1.82) is 0 Å². The summed E-state index contributed by atoms with van der Waals surface area (Å²) in [7, 11) is -2.91. The van der Waals surface area contributed by atoms with Gasteiger partial charge >= 0.3 is 0 Å². The maximum absolute atomic E-state index is 6.83. The number of hydrogen-bond acceptors (Lipinski definition) is 3. The molecule has 0 amide bonds. The van der Waals surface area contributed by atoms with Crippen molar-refractivity contribution in [3.05, 3.63) is 199 Å².